The lowest BCUT2D eigenvalue weighted by Gasteiger charge is -2.16. The Hall–Kier alpha value is -2.58. The van der Waals surface area contributed by atoms with Crippen molar-refractivity contribution in [2.45, 2.75) is 12.5 Å². The van der Waals surface area contributed by atoms with Crippen LogP contribution in [-0.2, 0) is 13.5 Å². The van der Waals surface area contributed by atoms with Gasteiger partial charge in [-0.15, -0.1) is 11.3 Å². The van der Waals surface area contributed by atoms with Gasteiger partial charge in [0.05, 0.1) is 4.88 Å². The van der Waals surface area contributed by atoms with Crippen molar-refractivity contribution in [3.63, 3.8) is 0 Å². The van der Waals surface area contributed by atoms with E-state index in [0.29, 0.717) is 23.7 Å². The van der Waals surface area contributed by atoms with Gasteiger partial charge in [0.1, 0.15) is 12.1 Å². The van der Waals surface area contributed by atoms with Crippen LogP contribution in [0, 0.1) is 5.82 Å². The Balaban J connectivity index is 1.67. The molecule has 1 atom stereocenters. The van der Waals surface area contributed by atoms with E-state index in [-0.39, 0.29) is 17.8 Å². The summed E-state index contributed by atoms with van der Waals surface area (Å²) >= 11 is 1.34. The summed E-state index contributed by atoms with van der Waals surface area (Å²) in [4.78, 5) is 17.2. The number of nitrogens with two attached hydrogens (primary N) is 1. The molecule has 3 N–H and O–H groups in total. The maximum absolute atomic E-state index is 13.0. The molecule has 0 aliphatic rings. The highest BCUT2D eigenvalue weighted by atomic mass is 32.1. The summed E-state index contributed by atoms with van der Waals surface area (Å²) in [6.45, 7) is 0.296. The SMILES string of the molecule is Cn1ncnc1-c1csc(C(=O)NC(CN)Cc2ccc(F)cc2)c1. The highest BCUT2D eigenvalue weighted by molar-refractivity contribution is 7.12. The maximum atomic E-state index is 13.0. The molecule has 3 aromatic rings. The first-order chi connectivity index (χ1) is 12.1. The van der Waals surface area contributed by atoms with E-state index >= 15 is 0 Å². The van der Waals surface area contributed by atoms with Crippen molar-refractivity contribution < 1.29 is 9.18 Å². The second-order valence-electron chi connectivity index (χ2n) is 5.64. The summed E-state index contributed by atoms with van der Waals surface area (Å²) < 4.78 is 14.6. The van der Waals surface area contributed by atoms with E-state index in [1.165, 1.54) is 29.8 Å². The Labute approximate surface area is 148 Å². The number of amides is 1. The lowest BCUT2D eigenvalue weighted by molar-refractivity contribution is 0.0942. The standard InChI is InChI=1S/C17H18FN5OS/c1-23-16(20-10-21-23)12-7-15(25-9-12)17(24)22-14(8-19)6-11-2-4-13(18)5-3-11/h2-5,7,9-10,14H,6,8,19H2,1H3,(H,22,24). The lowest BCUT2D eigenvalue weighted by atomic mass is 10.1. The van der Waals surface area contributed by atoms with Crippen molar-refractivity contribution in [1.82, 2.24) is 20.1 Å². The predicted molar refractivity (Wildman–Crippen MR) is 94.7 cm³/mol. The molecule has 0 saturated carbocycles. The molecule has 0 aliphatic heterocycles. The van der Waals surface area contributed by atoms with Crippen LogP contribution in [0.3, 0.4) is 0 Å². The molecule has 0 radical (unpaired) electrons. The van der Waals surface area contributed by atoms with Crippen molar-refractivity contribution in [2.75, 3.05) is 6.54 Å². The monoisotopic (exact) mass is 359 g/mol. The molecule has 2 heterocycles. The van der Waals surface area contributed by atoms with Crippen LogP contribution in [0.15, 0.2) is 42.0 Å². The van der Waals surface area contributed by atoms with E-state index in [4.69, 9.17) is 5.73 Å². The van der Waals surface area contributed by atoms with Gasteiger partial charge >= 0.3 is 0 Å². The van der Waals surface area contributed by atoms with Gasteiger partial charge < -0.3 is 11.1 Å². The number of halogens is 1. The van der Waals surface area contributed by atoms with Crippen LogP contribution in [-0.4, -0.2) is 33.3 Å². The third-order valence-corrected chi connectivity index (χ3v) is 4.74. The summed E-state index contributed by atoms with van der Waals surface area (Å²) in [6.07, 6.45) is 2.02. The van der Waals surface area contributed by atoms with Crippen LogP contribution in [0.2, 0.25) is 0 Å². The second-order valence-corrected chi connectivity index (χ2v) is 6.55. The molecule has 25 heavy (non-hydrogen) atoms. The number of rotatable bonds is 6. The molecule has 0 saturated heterocycles. The minimum Gasteiger partial charge on any atom is -0.347 e. The molecule has 1 amide bonds. The topological polar surface area (TPSA) is 85.8 Å². The number of hydrogen-bond acceptors (Lipinski definition) is 5. The number of nitrogens with zero attached hydrogens (tertiary/aromatic N) is 3. The maximum Gasteiger partial charge on any atom is 0.261 e. The third kappa shape index (κ3) is 4.09. The van der Waals surface area contributed by atoms with Crippen molar-refractivity contribution in [1.29, 1.82) is 0 Å². The lowest BCUT2D eigenvalue weighted by Crippen LogP contribution is -2.41. The zero-order valence-electron chi connectivity index (χ0n) is 13.6. The van der Waals surface area contributed by atoms with Gasteiger partial charge in [-0.3, -0.25) is 4.79 Å². The van der Waals surface area contributed by atoms with E-state index in [9.17, 15) is 9.18 Å². The molecular weight excluding hydrogens is 341 g/mol. The summed E-state index contributed by atoms with van der Waals surface area (Å²) in [5.41, 5.74) is 7.54. The summed E-state index contributed by atoms with van der Waals surface area (Å²) in [5.74, 6) is 0.236. The van der Waals surface area contributed by atoms with Gasteiger partial charge in [0.15, 0.2) is 5.82 Å². The van der Waals surface area contributed by atoms with Crippen LogP contribution in [0.1, 0.15) is 15.2 Å². The van der Waals surface area contributed by atoms with Gasteiger partial charge in [-0.25, -0.2) is 14.1 Å². The molecule has 0 aliphatic carbocycles. The molecule has 1 unspecified atom stereocenters. The minimum absolute atomic E-state index is 0.184. The molecular formula is C17H18FN5OS. The van der Waals surface area contributed by atoms with Crippen molar-refractivity contribution in [3.8, 4) is 11.4 Å². The van der Waals surface area contributed by atoms with Gasteiger partial charge in [0, 0.05) is 30.6 Å². The fourth-order valence-electron chi connectivity index (χ4n) is 2.48. The van der Waals surface area contributed by atoms with Crippen LogP contribution in [0.5, 0.6) is 0 Å². The van der Waals surface area contributed by atoms with Crippen molar-refractivity contribution in [3.05, 3.63) is 58.3 Å². The summed E-state index contributed by atoms with van der Waals surface area (Å²) in [7, 11) is 1.80. The molecule has 0 fully saturated rings. The Morgan fingerprint density at radius 3 is 2.80 bits per heavy atom. The first-order valence-electron chi connectivity index (χ1n) is 7.75. The van der Waals surface area contributed by atoms with Crippen molar-refractivity contribution >= 4 is 17.2 Å². The number of aromatic nitrogens is 3. The van der Waals surface area contributed by atoms with Crippen LogP contribution >= 0.6 is 11.3 Å². The third-order valence-electron chi connectivity index (χ3n) is 3.81. The van der Waals surface area contributed by atoms with E-state index in [1.54, 1.807) is 29.9 Å². The molecule has 0 bridgehead atoms. The second kappa shape index (κ2) is 7.54. The molecule has 130 valence electrons. The molecule has 8 heteroatoms. The van der Waals surface area contributed by atoms with Gasteiger partial charge in [0.2, 0.25) is 0 Å². The smallest absolute Gasteiger partial charge is 0.261 e. The average molecular weight is 359 g/mol. The Morgan fingerprint density at radius 1 is 1.40 bits per heavy atom. The number of carbonyl (C=O) groups is 1. The Bertz CT molecular complexity index is 858. The van der Waals surface area contributed by atoms with Crippen LogP contribution in [0.4, 0.5) is 4.39 Å². The fourth-order valence-corrected chi connectivity index (χ4v) is 3.27. The molecule has 2 aromatic heterocycles. The zero-order valence-corrected chi connectivity index (χ0v) is 14.5. The van der Waals surface area contributed by atoms with Gasteiger partial charge in [-0.2, -0.15) is 5.10 Å². The van der Waals surface area contributed by atoms with Gasteiger partial charge in [0.25, 0.3) is 5.91 Å². The first kappa shape index (κ1) is 17.2. The van der Waals surface area contributed by atoms with E-state index in [1.807, 2.05) is 5.38 Å². The van der Waals surface area contributed by atoms with Crippen molar-refractivity contribution in [2.24, 2.45) is 12.8 Å². The molecule has 6 nitrogen and oxygen atoms in total. The Morgan fingerprint density at radius 2 is 2.16 bits per heavy atom. The van der Waals surface area contributed by atoms with Gasteiger partial charge in [-0.1, -0.05) is 12.1 Å². The number of carbonyl (C=O) groups excluding carboxylic acids is 1. The predicted octanol–water partition coefficient (Wildman–Crippen LogP) is 1.98. The van der Waals surface area contributed by atoms with Crippen LogP contribution < -0.4 is 11.1 Å². The largest absolute Gasteiger partial charge is 0.347 e. The number of nitrogens with one attached hydrogen (secondary N) is 1. The quantitative estimate of drug-likeness (QED) is 0.705. The Kier molecular flexibility index (Phi) is 5.20. The van der Waals surface area contributed by atoms with E-state index < -0.39 is 0 Å². The summed E-state index contributed by atoms with van der Waals surface area (Å²) in [6, 6.07) is 7.76. The highest BCUT2D eigenvalue weighted by Gasteiger charge is 2.16. The number of thiophene rings is 1. The minimum atomic E-state index is -0.285. The zero-order chi connectivity index (χ0) is 17.8. The highest BCUT2D eigenvalue weighted by Crippen LogP contribution is 2.23. The summed E-state index contributed by atoms with van der Waals surface area (Å²) in [5, 5.41) is 8.83. The average Bonchev–Trinajstić information content (AvgIpc) is 3.24. The number of aryl methyl sites for hydroxylation is 1. The molecule has 1 aromatic carbocycles. The first-order valence-corrected chi connectivity index (χ1v) is 8.63. The normalized spacial score (nSPS) is 12.1. The van der Waals surface area contributed by atoms with Crippen LogP contribution in [0.25, 0.3) is 11.4 Å². The molecule has 0 spiro atoms. The van der Waals surface area contributed by atoms with Gasteiger partial charge in [-0.05, 0) is 30.2 Å². The fraction of sp³-hybridized carbons (Fsp3) is 0.235. The van der Waals surface area contributed by atoms with E-state index in [0.717, 1.165) is 11.1 Å². The van der Waals surface area contributed by atoms with E-state index in [2.05, 4.69) is 15.4 Å². The number of benzene rings is 1. The molecule has 3 rings (SSSR count). The number of hydrogen-bond donors (Lipinski definition) is 2.